The molecule has 2 rings (SSSR count). The summed E-state index contributed by atoms with van der Waals surface area (Å²) in [4.78, 5) is 26.9. The van der Waals surface area contributed by atoms with Crippen molar-refractivity contribution in [3.63, 3.8) is 0 Å². The van der Waals surface area contributed by atoms with Gasteiger partial charge in [0.1, 0.15) is 6.61 Å². The Hall–Kier alpha value is -2.08. The van der Waals surface area contributed by atoms with Crippen molar-refractivity contribution in [3.8, 4) is 0 Å². The number of likely N-dealkylation sites (N-methyl/N-ethyl adjacent to an activating group) is 1. The molecule has 3 N–H and O–H groups in total. The Kier molecular flexibility index (Phi) is 8.10. The fourth-order valence-electron chi connectivity index (χ4n) is 3.60. The third kappa shape index (κ3) is 5.96. The number of nitrogens with two attached hydrogens (primary N) is 1. The molecule has 6 heteroatoms. The van der Waals surface area contributed by atoms with E-state index in [2.05, 4.69) is 5.32 Å². The number of carbonyl (C=O) groups excluding carboxylic acids is 2. The van der Waals surface area contributed by atoms with Gasteiger partial charge in [-0.1, -0.05) is 57.0 Å². The summed E-state index contributed by atoms with van der Waals surface area (Å²) in [5, 5.41) is 2.98. The van der Waals surface area contributed by atoms with Gasteiger partial charge in [-0.05, 0) is 31.2 Å². The number of ether oxygens (including phenoxy) is 1. The van der Waals surface area contributed by atoms with E-state index in [0.717, 1.165) is 31.2 Å². The molecule has 0 bridgehead atoms. The maximum Gasteiger partial charge on any atom is 0.407 e. The molecule has 1 saturated carbocycles. The number of nitrogens with zero attached hydrogens (tertiary/aromatic N) is 1. The van der Waals surface area contributed by atoms with Crippen LogP contribution in [0.4, 0.5) is 4.79 Å². The van der Waals surface area contributed by atoms with E-state index in [0.29, 0.717) is 6.54 Å². The van der Waals surface area contributed by atoms with E-state index in [1.165, 1.54) is 0 Å². The molecule has 1 aliphatic rings. The van der Waals surface area contributed by atoms with E-state index >= 15 is 0 Å². The summed E-state index contributed by atoms with van der Waals surface area (Å²) in [6.45, 7) is 6.69. The SMILES string of the molecule is CCN(C(=O)C(N)C(C)C)C1CCCCC1NC(=O)OCc1ccccc1. The highest BCUT2D eigenvalue weighted by molar-refractivity contribution is 5.82. The van der Waals surface area contributed by atoms with Crippen molar-refractivity contribution in [1.29, 1.82) is 0 Å². The van der Waals surface area contributed by atoms with Crippen LogP contribution in [0.5, 0.6) is 0 Å². The molecule has 0 heterocycles. The van der Waals surface area contributed by atoms with Crippen LogP contribution in [0.1, 0.15) is 52.0 Å². The molecule has 2 amide bonds. The number of hydrogen-bond donors (Lipinski definition) is 2. The van der Waals surface area contributed by atoms with E-state index in [-0.39, 0.29) is 30.5 Å². The summed E-state index contributed by atoms with van der Waals surface area (Å²) in [7, 11) is 0. The lowest BCUT2D eigenvalue weighted by atomic mass is 9.88. The Morgan fingerprint density at radius 1 is 1.22 bits per heavy atom. The van der Waals surface area contributed by atoms with Crippen molar-refractivity contribution in [3.05, 3.63) is 35.9 Å². The number of benzene rings is 1. The molecule has 3 atom stereocenters. The van der Waals surface area contributed by atoms with Gasteiger partial charge in [0.25, 0.3) is 0 Å². The lowest BCUT2D eigenvalue weighted by molar-refractivity contribution is -0.137. The second-order valence-electron chi connectivity index (χ2n) is 7.56. The summed E-state index contributed by atoms with van der Waals surface area (Å²) in [5.74, 6) is 0.0428. The van der Waals surface area contributed by atoms with Gasteiger partial charge in [0.05, 0.1) is 18.1 Å². The quantitative estimate of drug-likeness (QED) is 0.767. The molecule has 0 spiro atoms. The van der Waals surface area contributed by atoms with Crippen molar-refractivity contribution < 1.29 is 14.3 Å². The zero-order valence-electron chi connectivity index (χ0n) is 16.7. The van der Waals surface area contributed by atoms with Crippen LogP contribution in [-0.4, -0.2) is 41.6 Å². The number of amides is 2. The van der Waals surface area contributed by atoms with Crippen molar-refractivity contribution in [2.75, 3.05) is 6.54 Å². The van der Waals surface area contributed by atoms with Crippen LogP contribution < -0.4 is 11.1 Å². The van der Waals surface area contributed by atoms with Gasteiger partial charge in [0.2, 0.25) is 5.91 Å². The minimum atomic E-state index is -0.516. The van der Waals surface area contributed by atoms with Crippen molar-refractivity contribution in [2.24, 2.45) is 11.7 Å². The summed E-state index contributed by atoms with van der Waals surface area (Å²) in [6, 6.07) is 8.93. The van der Waals surface area contributed by atoms with Gasteiger partial charge < -0.3 is 20.7 Å². The van der Waals surface area contributed by atoms with E-state index in [9.17, 15) is 9.59 Å². The Morgan fingerprint density at radius 3 is 2.52 bits per heavy atom. The standard InChI is InChI=1S/C21H33N3O3/c1-4-24(20(25)19(22)15(2)3)18-13-9-8-12-17(18)23-21(26)27-14-16-10-6-5-7-11-16/h5-7,10-11,15,17-19H,4,8-9,12-14,22H2,1-3H3,(H,23,26). The maximum atomic E-state index is 12.8. The topological polar surface area (TPSA) is 84.7 Å². The molecular formula is C21H33N3O3. The Morgan fingerprint density at radius 2 is 1.89 bits per heavy atom. The first-order valence-electron chi connectivity index (χ1n) is 9.97. The summed E-state index contributed by atoms with van der Waals surface area (Å²) >= 11 is 0. The van der Waals surface area contributed by atoms with Crippen LogP contribution in [0, 0.1) is 5.92 Å². The average Bonchev–Trinajstić information content (AvgIpc) is 2.68. The first-order valence-corrected chi connectivity index (χ1v) is 9.97. The zero-order chi connectivity index (χ0) is 19.8. The third-order valence-electron chi connectivity index (χ3n) is 5.27. The summed E-state index contributed by atoms with van der Waals surface area (Å²) < 4.78 is 5.36. The number of nitrogens with one attached hydrogen (secondary N) is 1. The Balaban J connectivity index is 1.98. The minimum absolute atomic E-state index is 0.0367. The molecule has 3 unspecified atom stereocenters. The summed E-state index contributed by atoms with van der Waals surface area (Å²) in [6.07, 6.45) is 3.34. The van der Waals surface area contributed by atoms with Crippen molar-refractivity contribution in [2.45, 2.75) is 71.2 Å². The molecule has 1 fully saturated rings. The molecule has 0 aromatic heterocycles. The third-order valence-corrected chi connectivity index (χ3v) is 5.27. The van der Waals surface area contributed by atoms with Crippen LogP contribution in [0.25, 0.3) is 0 Å². The van der Waals surface area contributed by atoms with Gasteiger partial charge in [-0.3, -0.25) is 4.79 Å². The second kappa shape index (κ2) is 10.3. The fourth-order valence-corrected chi connectivity index (χ4v) is 3.60. The second-order valence-corrected chi connectivity index (χ2v) is 7.56. The van der Waals surface area contributed by atoms with Crippen LogP contribution >= 0.6 is 0 Å². The van der Waals surface area contributed by atoms with E-state index in [1.807, 2.05) is 56.0 Å². The molecule has 0 aliphatic heterocycles. The number of carbonyl (C=O) groups is 2. The molecule has 1 aliphatic carbocycles. The smallest absolute Gasteiger partial charge is 0.407 e. The molecule has 27 heavy (non-hydrogen) atoms. The Bertz CT molecular complexity index is 606. The van der Waals surface area contributed by atoms with Crippen LogP contribution in [0.2, 0.25) is 0 Å². The highest BCUT2D eigenvalue weighted by Gasteiger charge is 2.35. The largest absolute Gasteiger partial charge is 0.445 e. The predicted molar refractivity (Wildman–Crippen MR) is 106 cm³/mol. The normalized spacial score (nSPS) is 20.8. The van der Waals surface area contributed by atoms with Gasteiger partial charge in [0.15, 0.2) is 0 Å². The van der Waals surface area contributed by atoms with Gasteiger partial charge in [0, 0.05) is 6.54 Å². The first-order chi connectivity index (χ1) is 12.9. The van der Waals surface area contributed by atoms with Crippen LogP contribution in [0.15, 0.2) is 30.3 Å². The van der Waals surface area contributed by atoms with Gasteiger partial charge in [-0.15, -0.1) is 0 Å². The fraction of sp³-hybridized carbons (Fsp3) is 0.619. The Labute approximate surface area is 162 Å². The number of alkyl carbamates (subject to hydrolysis) is 1. The molecule has 1 aromatic rings. The highest BCUT2D eigenvalue weighted by Crippen LogP contribution is 2.24. The number of hydrogen-bond acceptors (Lipinski definition) is 4. The minimum Gasteiger partial charge on any atom is -0.445 e. The lowest BCUT2D eigenvalue weighted by Gasteiger charge is -2.41. The molecule has 1 aromatic carbocycles. The monoisotopic (exact) mass is 375 g/mol. The van der Waals surface area contributed by atoms with E-state index in [4.69, 9.17) is 10.5 Å². The van der Waals surface area contributed by atoms with E-state index in [1.54, 1.807) is 0 Å². The number of rotatable bonds is 7. The van der Waals surface area contributed by atoms with E-state index < -0.39 is 12.1 Å². The zero-order valence-corrected chi connectivity index (χ0v) is 16.7. The average molecular weight is 376 g/mol. The van der Waals surface area contributed by atoms with Gasteiger partial charge in [-0.2, -0.15) is 0 Å². The van der Waals surface area contributed by atoms with Crippen molar-refractivity contribution in [1.82, 2.24) is 10.2 Å². The molecule has 0 saturated heterocycles. The molecule has 6 nitrogen and oxygen atoms in total. The summed E-state index contributed by atoms with van der Waals surface area (Å²) in [5.41, 5.74) is 7.04. The maximum absolute atomic E-state index is 12.8. The van der Waals surface area contributed by atoms with Crippen LogP contribution in [0.3, 0.4) is 0 Å². The van der Waals surface area contributed by atoms with Crippen LogP contribution in [-0.2, 0) is 16.1 Å². The highest BCUT2D eigenvalue weighted by atomic mass is 16.5. The van der Waals surface area contributed by atoms with Crippen molar-refractivity contribution >= 4 is 12.0 Å². The van der Waals surface area contributed by atoms with Gasteiger partial charge in [-0.25, -0.2) is 4.79 Å². The van der Waals surface area contributed by atoms with Gasteiger partial charge >= 0.3 is 6.09 Å². The molecular weight excluding hydrogens is 342 g/mol. The lowest BCUT2D eigenvalue weighted by Crippen LogP contribution is -2.58. The predicted octanol–water partition coefficient (Wildman–Crippen LogP) is 3.06. The first kappa shape index (κ1) is 21.2. The molecule has 150 valence electrons. The molecule has 0 radical (unpaired) electrons.